The van der Waals surface area contributed by atoms with Gasteiger partial charge in [-0.05, 0) is 48.1 Å². The van der Waals surface area contributed by atoms with E-state index in [-0.39, 0.29) is 23.5 Å². The Labute approximate surface area is 146 Å². The van der Waals surface area contributed by atoms with Crippen LogP contribution < -0.4 is 5.56 Å². The van der Waals surface area contributed by atoms with Crippen LogP contribution in [0.2, 0.25) is 0 Å². The van der Waals surface area contributed by atoms with Gasteiger partial charge in [-0.3, -0.25) is 14.6 Å². The van der Waals surface area contributed by atoms with Crippen LogP contribution in [0, 0.1) is 5.92 Å². The summed E-state index contributed by atoms with van der Waals surface area (Å²) in [6, 6.07) is 3.41. The molecule has 7 heteroatoms. The summed E-state index contributed by atoms with van der Waals surface area (Å²) in [4.78, 5) is 31.1. The molecule has 1 N–H and O–H groups in total. The second-order valence-electron chi connectivity index (χ2n) is 6.77. The van der Waals surface area contributed by atoms with E-state index in [9.17, 15) is 22.8 Å². The van der Waals surface area contributed by atoms with Gasteiger partial charge in [0.15, 0.2) is 5.78 Å². The van der Waals surface area contributed by atoms with Gasteiger partial charge in [0, 0.05) is 35.5 Å². The lowest BCUT2D eigenvalue weighted by atomic mass is 9.93. The molecule has 1 saturated carbocycles. The molecule has 1 aromatic carbocycles. The number of nitrogens with one attached hydrogen (secondary N) is 1. The van der Waals surface area contributed by atoms with E-state index in [2.05, 4.69) is 9.98 Å². The van der Waals surface area contributed by atoms with E-state index in [1.165, 1.54) is 18.5 Å². The molecule has 0 amide bonds. The minimum absolute atomic E-state index is 0.0577. The highest BCUT2D eigenvalue weighted by molar-refractivity contribution is 5.99. The Morgan fingerprint density at radius 1 is 1.19 bits per heavy atom. The number of fused-ring (bicyclic) bond motifs is 1. The predicted octanol–water partition coefficient (Wildman–Crippen LogP) is 3.98. The maximum atomic E-state index is 13.2. The molecule has 2 aliphatic rings. The van der Waals surface area contributed by atoms with Gasteiger partial charge in [-0.15, -0.1) is 0 Å². The number of carbonyl (C=O) groups is 1. The first-order valence-electron chi connectivity index (χ1n) is 8.33. The fourth-order valence-corrected chi connectivity index (χ4v) is 3.17. The SMILES string of the molecule is O=C(CC1CC1)c1c[nH]c(=O)c(-c2cc(C(F)(F)F)cc3c2C=NC3)c1. The second-order valence-corrected chi connectivity index (χ2v) is 6.77. The van der Waals surface area contributed by atoms with Crippen LogP contribution >= 0.6 is 0 Å². The molecule has 1 fully saturated rings. The summed E-state index contributed by atoms with van der Waals surface area (Å²) in [5.41, 5.74) is 0.0771. The zero-order valence-electron chi connectivity index (χ0n) is 13.7. The predicted molar refractivity (Wildman–Crippen MR) is 90.5 cm³/mol. The Kier molecular flexibility index (Phi) is 3.82. The topological polar surface area (TPSA) is 62.3 Å². The van der Waals surface area contributed by atoms with Gasteiger partial charge < -0.3 is 4.98 Å². The van der Waals surface area contributed by atoms with Crippen LogP contribution in [0.1, 0.15) is 46.3 Å². The summed E-state index contributed by atoms with van der Waals surface area (Å²) in [5.74, 6) is 0.269. The quantitative estimate of drug-likeness (QED) is 0.839. The molecule has 0 atom stereocenters. The fraction of sp³-hybridized carbons (Fsp3) is 0.316. The van der Waals surface area contributed by atoms with E-state index in [4.69, 9.17) is 0 Å². The second kappa shape index (κ2) is 5.93. The van der Waals surface area contributed by atoms with Gasteiger partial charge in [-0.25, -0.2) is 0 Å². The summed E-state index contributed by atoms with van der Waals surface area (Å²) >= 11 is 0. The van der Waals surface area contributed by atoms with Crippen LogP contribution in [-0.2, 0) is 12.7 Å². The molecule has 1 aliphatic carbocycles. The molecule has 2 aromatic rings. The lowest BCUT2D eigenvalue weighted by molar-refractivity contribution is -0.137. The largest absolute Gasteiger partial charge is 0.416 e. The Morgan fingerprint density at radius 2 is 1.96 bits per heavy atom. The maximum absolute atomic E-state index is 13.2. The summed E-state index contributed by atoms with van der Waals surface area (Å²) in [7, 11) is 0. The number of aromatic nitrogens is 1. The number of aromatic amines is 1. The van der Waals surface area contributed by atoms with E-state index in [1.807, 2.05) is 0 Å². The zero-order chi connectivity index (χ0) is 18.5. The molecule has 1 aliphatic heterocycles. The normalized spacial score (nSPS) is 16.0. The Balaban J connectivity index is 1.84. The third-order valence-corrected chi connectivity index (χ3v) is 4.76. The average Bonchev–Trinajstić information content (AvgIpc) is 3.26. The number of aliphatic imine (C=N–C) groups is 1. The number of halogens is 3. The maximum Gasteiger partial charge on any atom is 0.416 e. The molecule has 0 radical (unpaired) electrons. The standard InChI is InChI=1S/C19H15F3N2O2/c20-19(21,22)13-4-11-7-23-9-16(11)14(6-13)15-5-12(8-24-18(15)26)17(25)3-10-1-2-10/h4-6,8-10H,1-3,7H2,(H,24,26). The highest BCUT2D eigenvalue weighted by Crippen LogP contribution is 2.37. The molecule has 0 saturated heterocycles. The summed E-state index contributed by atoms with van der Waals surface area (Å²) in [5, 5.41) is 0. The number of ketones is 1. The lowest BCUT2D eigenvalue weighted by Gasteiger charge is -2.13. The minimum Gasteiger partial charge on any atom is -0.328 e. The molecule has 0 spiro atoms. The van der Waals surface area contributed by atoms with Crippen molar-refractivity contribution in [2.24, 2.45) is 10.9 Å². The van der Waals surface area contributed by atoms with Crippen molar-refractivity contribution < 1.29 is 18.0 Å². The van der Waals surface area contributed by atoms with Gasteiger partial charge in [0.25, 0.3) is 5.56 Å². The molecular formula is C19H15F3N2O2. The third kappa shape index (κ3) is 3.09. The number of hydrogen-bond acceptors (Lipinski definition) is 3. The average molecular weight is 360 g/mol. The summed E-state index contributed by atoms with van der Waals surface area (Å²) < 4.78 is 39.7. The van der Waals surface area contributed by atoms with Crippen molar-refractivity contribution in [2.75, 3.05) is 0 Å². The van der Waals surface area contributed by atoms with Crippen molar-refractivity contribution in [3.05, 3.63) is 57.0 Å². The van der Waals surface area contributed by atoms with Crippen LogP contribution in [0.5, 0.6) is 0 Å². The highest BCUT2D eigenvalue weighted by atomic mass is 19.4. The Bertz CT molecular complexity index is 985. The van der Waals surface area contributed by atoms with Gasteiger partial charge >= 0.3 is 6.18 Å². The van der Waals surface area contributed by atoms with Crippen LogP contribution in [0.4, 0.5) is 13.2 Å². The number of H-pyrrole nitrogens is 1. The lowest BCUT2D eigenvalue weighted by Crippen LogP contribution is -2.14. The smallest absolute Gasteiger partial charge is 0.328 e. The van der Waals surface area contributed by atoms with Crippen molar-refractivity contribution >= 4 is 12.0 Å². The molecule has 0 bridgehead atoms. The van der Waals surface area contributed by atoms with Crippen molar-refractivity contribution in [1.29, 1.82) is 0 Å². The number of rotatable bonds is 4. The van der Waals surface area contributed by atoms with Crippen molar-refractivity contribution in [3.63, 3.8) is 0 Å². The van der Waals surface area contributed by atoms with E-state index in [0.29, 0.717) is 29.0 Å². The molecule has 2 heterocycles. The Hall–Kier alpha value is -2.70. The molecule has 1 aromatic heterocycles. The first-order chi connectivity index (χ1) is 12.3. The van der Waals surface area contributed by atoms with Crippen LogP contribution in [0.3, 0.4) is 0 Å². The van der Waals surface area contributed by atoms with Gasteiger partial charge in [0.1, 0.15) is 0 Å². The number of Topliss-reactive ketones (excluding diaryl/α,β-unsaturated/α-hetero) is 1. The monoisotopic (exact) mass is 360 g/mol. The van der Waals surface area contributed by atoms with E-state index in [1.54, 1.807) is 0 Å². The van der Waals surface area contributed by atoms with Crippen molar-refractivity contribution in [3.8, 4) is 11.1 Å². The first-order valence-corrected chi connectivity index (χ1v) is 8.33. The van der Waals surface area contributed by atoms with Crippen molar-refractivity contribution in [1.82, 2.24) is 4.98 Å². The van der Waals surface area contributed by atoms with E-state index >= 15 is 0 Å². The number of hydrogen-bond donors (Lipinski definition) is 1. The molecule has 0 unspecified atom stereocenters. The first kappa shape index (κ1) is 16.8. The number of carbonyl (C=O) groups excluding carboxylic acids is 1. The van der Waals surface area contributed by atoms with Crippen LogP contribution in [0.25, 0.3) is 11.1 Å². The van der Waals surface area contributed by atoms with Crippen LogP contribution in [-0.4, -0.2) is 17.0 Å². The van der Waals surface area contributed by atoms with Gasteiger partial charge in [0.05, 0.1) is 12.1 Å². The fourth-order valence-electron chi connectivity index (χ4n) is 3.17. The van der Waals surface area contributed by atoms with Gasteiger partial charge in [0.2, 0.25) is 0 Å². The third-order valence-electron chi connectivity index (χ3n) is 4.76. The van der Waals surface area contributed by atoms with Gasteiger partial charge in [-0.1, -0.05) is 0 Å². The number of benzene rings is 1. The van der Waals surface area contributed by atoms with Crippen LogP contribution in [0.15, 0.2) is 34.2 Å². The summed E-state index contributed by atoms with van der Waals surface area (Å²) in [6.07, 6.45) is 0.701. The molecule has 4 nitrogen and oxygen atoms in total. The van der Waals surface area contributed by atoms with Gasteiger partial charge in [-0.2, -0.15) is 13.2 Å². The molecule has 26 heavy (non-hydrogen) atoms. The van der Waals surface area contributed by atoms with E-state index < -0.39 is 17.3 Å². The minimum atomic E-state index is -4.53. The molecule has 4 rings (SSSR count). The summed E-state index contributed by atoms with van der Waals surface area (Å²) in [6.45, 7) is 0.143. The Morgan fingerprint density at radius 3 is 2.65 bits per heavy atom. The molecular weight excluding hydrogens is 345 g/mol. The van der Waals surface area contributed by atoms with Crippen molar-refractivity contribution in [2.45, 2.75) is 32.0 Å². The highest BCUT2D eigenvalue weighted by Gasteiger charge is 2.33. The van der Waals surface area contributed by atoms with E-state index in [0.717, 1.165) is 25.0 Å². The number of pyridine rings is 1. The number of nitrogens with zero attached hydrogens (tertiary/aromatic N) is 1. The molecule has 134 valence electrons. The zero-order valence-corrected chi connectivity index (χ0v) is 13.7. The number of alkyl halides is 3.